The zero-order chi connectivity index (χ0) is 14.0. The molecule has 0 radical (unpaired) electrons. The van der Waals surface area contributed by atoms with Gasteiger partial charge in [0.15, 0.2) is 0 Å². The molecule has 1 aromatic heterocycles. The topological polar surface area (TPSA) is 77.1 Å². The molecule has 0 unspecified atom stereocenters. The lowest BCUT2D eigenvalue weighted by Crippen LogP contribution is -2.15. The van der Waals surface area contributed by atoms with Crippen molar-refractivity contribution in [2.75, 3.05) is 5.32 Å². The first-order valence-electron chi connectivity index (χ1n) is 5.50. The number of primary amides is 1. The van der Waals surface area contributed by atoms with Gasteiger partial charge in [0.05, 0.1) is 0 Å². The van der Waals surface area contributed by atoms with Gasteiger partial charge >= 0.3 is 0 Å². The van der Waals surface area contributed by atoms with Crippen LogP contribution in [0, 0.1) is 0 Å². The smallest absolute Gasteiger partial charge is 0.272 e. The van der Waals surface area contributed by atoms with E-state index in [4.69, 9.17) is 5.73 Å². The first-order chi connectivity index (χ1) is 8.97. The molecule has 0 atom stereocenters. The normalized spacial score (nSPS) is 10.2. The maximum Gasteiger partial charge on any atom is 0.272 e. The Bertz CT molecular complexity index is 632. The maximum atomic E-state index is 12.0. The molecule has 0 saturated heterocycles. The number of rotatable bonds is 3. The average molecular weight is 322 g/mol. The standard InChI is InChI=1S/C13H12BrN3O2/c1-17-7-9(14)6-11(17)13(19)16-10-4-2-8(3-5-10)12(15)18/h2-7H,1H3,(H2,15,18)(H,16,19). The van der Waals surface area contributed by atoms with E-state index >= 15 is 0 Å². The molecular weight excluding hydrogens is 310 g/mol. The quantitative estimate of drug-likeness (QED) is 0.908. The Morgan fingerprint density at radius 3 is 2.37 bits per heavy atom. The number of halogens is 1. The summed E-state index contributed by atoms with van der Waals surface area (Å²) in [5.74, 6) is -0.718. The number of hydrogen-bond acceptors (Lipinski definition) is 2. The van der Waals surface area contributed by atoms with E-state index < -0.39 is 5.91 Å². The molecule has 2 rings (SSSR count). The van der Waals surface area contributed by atoms with Gasteiger partial charge < -0.3 is 15.6 Å². The third-order valence-electron chi connectivity index (χ3n) is 2.63. The van der Waals surface area contributed by atoms with Crippen LogP contribution in [0.2, 0.25) is 0 Å². The second kappa shape index (κ2) is 5.27. The largest absolute Gasteiger partial charge is 0.366 e. The molecule has 5 nitrogen and oxygen atoms in total. The van der Waals surface area contributed by atoms with Crippen molar-refractivity contribution < 1.29 is 9.59 Å². The summed E-state index contributed by atoms with van der Waals surface area (Å²) in [4.78, 5) is 23.0. The third kappa shape index (κ3) is 3.03. The Labute approximate surface area is 118 Å². The lowest BCUT2D eigenvalue weighted by atomic mass is 10.2. The van der Waals surface area contributed by atoms with Crippen LogP contribution >= 0.6 is 15.9 Å². The highest BCUT2D eigenvalue weighted by atomic mass is 79.9. The minimum absolute atomic E-state index is 0.222. The van der Waals surface area contributed by atoms with Gasteiger partial charge in [0, 0.05) is 29.0 Å². The Balaban J connectivity index is 2.15. The molecule has 3 N–H and O–H groups in total. The molecule has 2 amide bonds. The first-order valence-corrected chi connectivity index (χ1v) is 6.30. The van der Waals surface area contributed by atoms with E-state index in [-0.39, 0.29) is 5.91 Å². The minimum Gasteiger partial charge on any atom is -0.366 e. The van der Waals surface area contributed by atoms with Crippen molar-refractivity contribution in [2.24, 2.45) is 12.8 Å². The van der Waals surface area contributed by atoms with Gasteiger partial charge in [-0.05, 0) is 46.3 Å². The number of aromatic nitrogens is 1. The Morgan fingerprint density at radius 1 is 1.26 bits per heavy atom. The van der Waals surface area contributed by atoms with Crippen molar-refractivity contribution in [3.8, 4) is 0 Å². The number of carbonyl (C=O) groups excluding carboxylic acids is 2. The Hall–Kier alpha value is -2.08. The summed E-state index contributed by atoms with van der Waals surface area (Å²) in [5.41, 5.74) is 6.68. The van der Waals surface area contributed by atoms with Gasteiger partial charge in [0.1, 0.15) is 5.69 Å². The van der Waals surface area contributed by atoms with Crippen LogP contribution in [0.4, 0.5) is 5.69 Å². The van der Waals surface area contributed by atoms with Crippen LogP contribution in [0.15, 0.2) is 41.0 Å². The number of carbonyl (C=O) groups is 2. The fourth-order valence-corrected chi connectivity index (χ4v) is 2.19. The summed E-state index contributed by atoms with van der Waals surface area (Å²) in [7, 11) is 1.79. The number of anilines is 1. The fraction of sp³-hybridized carbons (Fsp3) is 0.0769. The van der Waals surface area contributed by atoms with Crippen LogP contribution in [0.5, 0.6) is 0 Å². The van der Waals surface area contributed by atoms with Gasteiger partial charge in [-0.1, -0.05) is 0 Å². The van der Waals surface area contributed by atoms with E-state index in [1.165, 1.54) is 0 Å². The summed E-state index contributed by atoms with van der Waals surface area (Å²) in [6, 6.07) is 8.14. The number of nitrogens with zero attached hydrogens (tertiary/aromatic N) is 1. The molecule has 1 heterocycles. The van der Waals surface area contributed by atoms with Crippen molar-refractivity contribution in [1.29, 1.82) is 0 Å². The lowest BCUT2D eigenvalue weighted by molar-refractivity contribution is 0.0997. The fourth-order valence-electron chi connectivity index (χ4n) is 1.66. The summed E-state index contributed by atoms with van der Waals surface area (Å²) in [5, 5.41) is 2.75. The number of benzene rings is 1. The van der Waals surface area contributed by atoms with Crippen molar-refractivity contribution in [1.82, 2.24) is 4.57 Å². The van der Waals surface area contributed by atoms with Crippen molar-refractivity contribution in [3.05, 3.63) is 52.3 Å². The molecule has 6 heteroatoms. The molecule has 0 bridgehead atoms. The van der Waals surface area contributed by atoms with Crippen LogP contribution < -0.4 is 11.1 Å². The van der Waals surface area contributed by atoms with Crippen molar-refractivity contribution in [3.63, 3.8) is 0 Å². The van der Waals surface area contributed by atoms with Crippen LogP contribution in [0.3, 0.4) is 0 Å². The Morgan fingerprint density at radius 2 is 1.89 bits per heavy atom. The predicted octanol–water partition coefficient (Wildman–Crippen LogP) is 2.14. The molecule has 0 spiro atoms. The molecule has 2 aromatic rings. The van der Waals surface area contributed by atoms with Gasteiger partial charge in [0.2, 0.25) is 5.91 Å². The third-order valence-corrected chi connectivity index (χ3v) is 3.07. The van der Waals surface area contributed by atoms with E-state index in [2.05, 4.69) is 21.2 Å². The SMILES string of the molecule is Cn1cc(Br)cc1C(=O)Nc1ccc(C(N)=O)cc1. The van der Waals surface area contributed by atoms with E-state index in [1.54, 1.807) is 48.1 Å². The number of hydrogen-bond donors (Lipinski definition) is 2. The highest BCUT2D eigenvalue weighted by Crippen LogP contribution is 2.16. The zero-order valence-corrected chi connectivity index (χ0v) is 11.8. The van der Waals surface area contributed by atoms with Gasteiger partial charge in [-0.15, -0.1) is 0 Å². The molecule has 19 heavy (non-hydrogen) atoms. The van der Waals surface area contributed by atoms with Gasteiger partial charge in [-0.25, -0.2) is 0 Å². The summed E-state index contributed by atoms with van der Waals surface area (Å²) in [6.45, 7) is 0. The van der Waals surface area contributed by atoms with Crippen LogP contribution in [-0.2, 0) is 7.05 Å². The molecule has 1 aromatic carbocycles. The highest BCUT2D eigenvalue weighted by molar-refractivity contribution is 9.10. The van der Waals surface area contributed by atoms with Gasteiger partial charge in [-0.2, -0.15) is 0 Å². The molecule has 0 aliphatic rings. The second-order valence-electron chi connectivity index (χ2n) is 4.05. The molecule has 0 aliphatic carbocycles. The zero-order valence-electron chi connectivity index (χ0n) is 10.2. The van der Waals surface area contributed by atoms with Crippen LogP contribution in [0.25, 0.3) is 0 Å². The highest BCUT2D eigenvalue weighted by Gasteiger charge is 2.11. The molecule has 98 valence electrons. The molecule has 0 aliphatic heterocycles. The molecule has 0 saturated carbocycles. The lowest BCUT2D eigenvalue weighted by Gasteiger charge is -2.06. The predicted molar refractivity (Wildman–Crippen MR) is 76.0 cm³/mol. The number of aryl methyl sites for hydroxylation is 1. The Kier molecular flexibility index (Phi) is 3.71. The van der Waals surface area contributed by atoms with Crippen LogP contribution in [0.1, 0.15) is 20.8 Å². The maximum absolute atomic E-state index is 12.0. The van der Waals surface area contributed by atoms with Crippen LogP contribution in [-0.4, -0.2) is 16.4 Å². The monoisotopic (exact) mass is 321 g/mol. The van der Waals surface area contributed by atoms with Crippen molar-refractivity contribution >= 4 is 33.4 Å². The summed E-state index contributed by atoms with van der Waals surface area (Å²) < 4.78 is 2.56. The van der Waals surface area contributed by atoms with E-state index in [0.29, 0.717) is 16.9 Å². The average Bonchev–Trinajstić information content (AvgIpc) is 2.69. The molecule has 0 fully saturated rings. The second-order valence-corrected chi connectivity index (χ2v) is 4.97. The van der Waals surface area contributed by atoms with Gasteiger partial charge in [0.25, 0.3) is 5.91 Å². The van der Waals surface area contributed by atoms with E-state index in [1.807, 2.05) is 0 Å². The number of nitrogens with two attached hydrogens (primary N) is 1. The van der Waals surface area contributed by atoms with Crippen molar-refractivity contribution in [2.45, 2.75) is 0 Å². The van der Waals surface area contributed by atoms with Gasteiger partial charge in [-0.3, -0.25) is 9.59 Å². The minimum atomic E-state index is -0.496. The first kappa shape index (κ1) is 13.4. The molecular formula is C13H12BrN3O2. The van der Waals surface area contributed by atoms with E-state index in [0.717, 1.165) is 4.47 Å². The number of amides is 2. The van der Waals surface area contributed by atoms with E-state index in [9.17, 15) is 9.59 Å². The summed E-state index contributed by atoms with van der Waals surface area (Å²) in [6.07, 6.45) is 1.80. The summed E-state index contributed by atoms with van der Waals surface area (Å²) >= 11 is 3.31. The number of nitrogens with one attached hydrogen (secondary N) is 1.